The Bertz CT molecular complexity index is 2050. The smallest absolute Gasteiger partial charge is 0.227 e. The molecule has 0 aliphatic carbocycles. The zero-order valence-corrected chi connectivity index (χ0v) is 23.9. The molecule has 0 unspecified atom stereocenters. The zero-order valence-electron chi connectivity index (χ0n) is 23.9. The van der Waals surface area contributed by atoms with Gasteiger partial charge in [-0.3, -0.25) is 0 Å². The first-order valence-corrected chi connectivity index (χ1v) is 14.5. The lowest BCUT2D eigenvalue weighted by Gasteiger charge is -2.26. The summed E-state index contributed by atoms with van der Waals surface area (Å²) in [7, 11) is 0. The third-order valence-electron chi connectivity index (χ3n) is 7.65. The molecular weight excluding hydrogens is 524 g/mol. The van der Waals surface area contributed by atoms with Gasteiger partial charge in [0.1, 0.15) is 5.52 Å². The van der Waals surface area contributed by atoms with Gasteiger partial charge < -0.3 is 9.32 Å². The summed E-state index contributed by atoms with van der Waals surface area (Å²) in [6.45, 7) is 2.04. The number of aromatic nitrogens is 1. The predicted molar refractivity (Wildman–Crippen MR) is 180 cm³/mol. The van der Waals surface area contributed by atoms with Gasteiger partial charge in [-0.15, -0.1) is 0 Å². The number of nitrogens with zero attached hydrogens (tertiary/aromatic N) is 2. The largest absolute Gasteiger partial charge is 0.436 e. The second-order valence-corrected chi connectivity index (χ2v) is 10.4. The van der Waals surface area contributed by atoms with Crippen LogP contribution >= 0.6 is 0 Å². The molecule has 3 nitrogen and oxygen atoms in total. The lowest BCUT2D eigenvalue weighted by atomic mass is 9.97. The summed E-state index contributed by atoms with van der Waals surface area (Å²) in [5, 5.41) is 2.25. The Hall–Kier alpha value is -5.67. The van der Waals surface area contributed by atoms with Gasteiger partial charge in [-0.1, -0.05) is 109 Å². The minimum absolute atomic E-state index is 0.620. The number of oxazole rings is 1. The second kappa shape index (κ2) is 11.7. The Morgan fingerprint density at radius 3 is 1.93 bits per heavy atom. The van der Waals surface area contributed by atoms with E-state index in [0.717, 1.165) is 44.5 Å². The van der Waals surface area contributed by atoms with E-state index in [1.807, 2.05) is 31.2 Å². The number of hydrogen-bond acceptors (Lipinski definition) is 3. The van der Waals surface area contributed by atoms with Gasteiger partial charge >= 0.3 is 0 Å². The van der Waals surface area contributed by atoms with E-state index >= 15 is 0 Å². The Morgan fingerprint density at radius 2 is 1.21 bits per heavy atom. The highest BCUT2D eigenvalue weighted by Crippen LogP contribution is 2.37. The Balaban J connectivity index is 1.25. The number of anilines is 3. The zero-order chi connectivity index (χ0) is 29.0. The highest BCUT2D eigenvalue weighted by Gasteiger charge is 2.15. The maximum Gasteiger partial charge on any atom is 0.227 e. The summed E-state index contributed by atoms with van der Waals surface area (Å²) in [6, 6.07) is 50.5. The van der Waals surface area contributed by atoms with E-state index in [4.69, 9.17) is 9.40 Å². The van der Waals surface area contributed by atoms with E-state index < -0.39 is 0 Å². The first-order valence-electron chi connectivity index (χ1n) is 14.5. The predicted octanol–water partition coefficient (Wildman–Crippen LogP) is 11.1. The lowest BCUT2D eigenvalue weighted by molar-refractivity contribution is 0.620. The van der Waals surface area contributed by atoms with Crippen LogP contribution in [0, 0.1) is 0 Å². The standard InChI is InChI=1S/C40H30N2O/c1-2-3-17-36(29-12-6-4-7-13-29)31-19-24-34(25-20-31)42(33-15-8-5-9-16-33)35-26-21-32(22-27-35)40-41-39-37-18-11-10-14-30(37)23-28-38(39)43-40/h2-28H,1H3/b3-2-,36-17+. The molecule has 3 heteroatoms. The molecule has 43 heavy (non-hydrogen) atoms. The lowest BCUT2D eigenvalue weighted by Crippen LogP contribution is -2.09. The Morgan fingerprint density at radius 1 is 0.605 bits per heavy atom. The van der Waals surface area contributed by atoms with E-state index in [1.54, 1.807) is 0 Å². The molecule has 0 saturated carbocycles. The van der Waals surface area contributed by atoms with Crippen LogP contribution in [0.1, 0.15) is 18.1 Å². The Labute approximate surface area is 251 Å². The van der Waals surface area contributed by atoms with Gasteiger partial charge in [0, 0.05) is 28.0 Å². The number of hydrogen-bond donors (Lipinski definition) is 0. The SMILES string of the molecule is C/C=C\C=C(/c1ccccc1)c1ccc(N(c2ccccc2)c2ccc(-c3nc4c(ccc5ccccc54)o3)cc2)cc1. The summed E-state index contributed by atoms with van der Waals surface area (Å²) in [4.78, 5) is 7.15. The highest BCUT2D eigenvalue weighted by atomic mass is 16.3. The van der Waals surface area contributed by atoms with Crippen molar-refractivity contribution in [3.05, 3.63) is 175 Å². The minimum atomic E-state index is 0.620. The molecule has 0 bridgehead atoms. The number of rotatable bonds is 7. The molecular formula is C40H30N2O. The molecule has 6 aromatic carbocycles. The summed E-state index contributed by atoms with van der Waals surface area (Å²) >= 11 is 0. The topological polar surface area (TPSA) is 29.3 Å². The van der Waals surface area contributed by atoms with Crippen molar-refractivity contribution < 1.29 is 4.42 Å². The maximum atomic E-state index is 6.20. The van der Waals surface area contributed by atoms with Gasteiger partial charge in [0.2, 0.25) is 5.89 Å². The summed E-state index contributed by atoms with van der Waals surface area (Å²) < 4.78 is 6.20. The Kier molecular flexibility index (Phi) is 7.12. The monoisotopic (exact) mass is 554 g/mol. The van der Waals surface area contributed by atoms with Crippen molar-refractivity contribution in [1.29, 1.82) is 0 Å². The first kappa shape index (κ1) is 26.2. The van der Waals surface area contributed by atoms with Crippen molar-refractivity contribution in [3.8, 4) is 11.5 Å². The van der Waals surface area contributed by atoms with E-state index in [-0.39, 0.29) is 0 Å². The van der Waals surface area contributed by atoms with Crippen LogP contribution in [-0.2, 0) is 0 Å². The van der Waals surface area contributed by atoms with Gasteiger partial charge in [-0.05, 0) is 83.6 Å². The summed E-state index contributed by atoms with van der Waals surface area (Å²) in [5.41, 5.74) is 9.39. The van der Waals surface area contributed by atoms with Gasteiger partial charge in [-0.25, -0.2) is 4.98 Å². The van der Waals surface area contributed by atoms with Crippen LogP contribution in [0.5, 0.6) is 0 Å². The summed E-state index contributed by atoms with van der Waals surface area (Å²) in [5.74, 6) is 0.620. The average molecular weight is 555 g/mol. The van der Waals surface area contributed by atoms with Gasteiger partial charge in [0.15, 0.2) is 5.58 Å². The average Bonchev–Trinajstić information content (AvgIpc) is 3.52. The molecule has 0 amide bonds. The molecule has 7 aromatic rings. The molecule has 7 rings (SSSR count). The van der Waals surface area contributed by atoms with Crippen LogP contribution < -0.4 is 4.90 Å². The van der Waals surface area contributed by atoms with Crippen LogP contribution in [0.4, 0.5) is 17.1 Å². The molecule has 0 saturated heterocycles. The van der Waals surface area contributed by atoms with Crippen molar-refractivity contribution in [2.45, 2.75) is 6.92 Å². The molecule has 0 radical (unpaired) electrons. The molecule has 206 valence electrons. The van der Waals surface area contributed by atoms with Crippen molar-refractivity contribution in [2.75, 3.05) is 4.90 Å². The maximum absolute atomic E-state index is 6.20. The number of benzene rings is 6. The molecule has 0 atom stereocenters. The molecule has 1 heterocycles. The van der Waals surface area contributed by atoms with Crippen LogP contribution in [0.15, 0.2) is 168 Å². The third-order valence-corrected chi connectivity index (χ3v) is 7.65. The summed E-state index contributed by atoms with van der Waals surface area (Å²) in [6.07, 6.45) is 6.32. The van der Waals surface area contributed by atoms with Gasteiger partial charge in [-0.2, -0.15) is 0 Å². The van der Waals surface area contributed by atoms with E-state index in [1.165, 1.54) is 16.7 Å². The molecule has 0 fully saturated rings. The third kappa shape index (κ3) is 5.25. The highest BCUT2D eigenvalue weighted by molar-refractivity contribution is 6.04. The molecule has 0 aliphatic rings. The fraction of sp³-hybridized carbons (Fsp3) is 0.0250. The van der Waals surface area contributed by atoms with Crippen molar-refractivity contribution in [3.63, 3.8) is 0 Å². The molecule has 1 aromatic heterocycles. The fourth-order valence-corrected chi connectivity index (χ4v) is 5.52. The van der Waals surface area contributed by atoms with Crippen molar-refractivity contribution in [1.82, 2.24) is 4.98 Å². The van der Waals surface area contributed by atoms with Crippen LogP contribution in [0.3, 0.4) is 0 Å². The quantitative estimate of drug-likeness (QED) is 0.184. The number of para-hydroxylation sites is 1. The fourth-order valence-electron chi connectivity index (χ4n) is 5.52. The van der Waals surface area contributed by atoms with Crippen molar-refractivity contribution in [2.24, 2.45) is 0 Å². The van der Waals surface area contributed by atoms with Crippen LogP contribution in [0.2, 0.25) is 0 Å². The molecule has 0 aliphatic heterocycles. The first-order chi connectivity index (χ1) is 21.3. The van der Waals surface area contributed by atoms with E-state index in [0.29, 0.717) is 5.89 Å². The number of allylic oxidation sites excluding steroid dienone is 3. The van der Waals surface area contributed by atoms with E-state index in [9.17, 15) is 0 Å². The van der Waals surface area contributed by atoms with Crippen LogP contribution in [-0.4, -0.2) is 4.98 Å². The van der Waals surface area contributed by atoms with E-state index in [2.05, 4.69) is 144 Å². The van der Waals surface area contributed by atoms with Gasteiger partial charge in [0.25, 0.3) is 0 Å². The molecule has 0 N–H and O–H groups in total. The van der Waals surface area contributed by atoms with Gasteiger partial charge in [0.05, 0.1) is 0 Å². The normalized spacial score (nSPS) is 11.9. The van der Waals surface area contributed by atoms with Crippen molar-refractivity contribution >= 4 is 44.5 Å². The molecule has 0 spiro atoms. The second-order valence-electron chi connectivity index (χ2n) is 10.4. The minimum Gasteiger partial charge on any atom is -0.436 e. The van der Waals surface area contributed by atoms with Crippen LogP contribution in [0.25, 0.3) is 38.9 Å². The number of fused-ring (bicyclic) bond motifs is 3.